The second-order valence-corrected chi connectivity index (χ2v) is 13.2. The molecule has 1 fully saturated rings. The summed E-state index contributed by atoms with van der Waals surface area (Å²) in [5, 5.41) is 8.61. The first-order valence-corrected chi connectivity index (χ1v) is 15.8. The van der Waals surface area contributed by atoms with Gasteiger partial charge in [-0.25, -0.2) is 13.4 Å². The van der Waals surface area contributed by atoms with Crippen molar-refractivity contribution in [2.24, 2.45) is 17.6 Å². The molecule has 0 bridgehead atoms. The van der Waals surface area contributed by atoms with Crippen LogP contribution in [0.3, 0.4) is 0 Å². The summed E-state index contributed by atoms with van der Waals surface area (Å²) >= 11 is 6.89. The second kappa shape index (κ2) is 13.0. The molecule has 11 nitrogen and oxygen atoms in total. The fraction of sp³-hybridized carbons (Fsp3) is 0.536. The largest absolute Gasteiger partial charge is 0.419 e. The zero-order valence-corrected chi connectivity index (χ0v) is 25.8. The maximum atomic E-state index is 12.9. The molecule has 224 valence electrons. The van der Waals surface area contributed by atoms with E-state index in [-0.39, 0.29) is 35.8 Å². The first-order chi connectivity index (χ1) is 19.4. The van der Waals surface area contributed by atoms with Crippen molar-refractivity contribution in [2.75, 3.05) is 62.5 Å². The fourth-order valence-electron chi connectivity index (χ4n) is 4.68. The van der Waals surface area contributed by atoms with Crippen molar-refractivity contribution >= 4 is 33.3 Å². The van der Waals surface area contributed by atoms with Gasteiger partial charge in [0.05, 0.1) is 42.1 Å². The molecule has 2 unspecified atom stereocenters. The number of rotatable bonds is 15. The third-order valence-corrected chi connectivity index (χ3v) is 8.77. The summed E-state index contributed by atoms with van der Waals surface area (Å²) in [5.74, 6) is 2.04. The van der Waals surface area contributed by atoms with Crippen LogP contribution in [-0.2, 0) is 31.5 Å². The predicted molar refractivity (Wildman–Crippen MR) is 160 cm³/mol. The standard InChI is InChI=1S/C28H39ClN6O5S/c1-19-15-21(19)18-34(11-13-38-3)23-16-22(24(29)25(31-23)35(12-14-39-4)41(5,36)37)26-32-33-27(40-26)28(2,30)17-20-9-7-6-8-10-20/h6-10,16,19,21H,11-15,17-18,30H2,1-5H3/t19?,21?,28-/m0/s1. The van der Waals surface area contributed by atoms with Crippen molar-refractivity contribution in [2.45, 2.75) is 32.2 Å². The Bertz CT molecular complexity index is 1420. The molecule has 1 aromatic carbocycles. The lowest BCUT2D eigenvalue weighted by Crippen LogP contribution is -2.36. The quantitative estimate of drug-likeness (QED) is 0.272. The van der Waals surface area contributed by atoms with Crippen LogP contribution in [0.4, 0.5) is 11.6 Å². The summed E-state index contributed by atoms with van der Waals surface area (Å²) < 4.78 is 43.6. The SMILES string of the molecule is COCCN(CC1CC1C)c1cc(-c2nnc([C@@](C)(N)Cc3ccccc3)o2)c(Cl)c(N(CCOC)S(C)(=O)=O)n1. The average Bonchev–Trinajstić information content (AvgIpc) is 3.38. The summed E-state index contributed by atoms with van der Waals surface area (Å²) in [6.45, 7) is 5.95. The summed E-state index contributed by atoms with van der Waals surface area (Å²) in [4.78, 5) is 6.84. The highest BCUT2D eigenvalue weighted by Crippen LogP contribution is 2.42. The van der Waals surface area contributed by atoms with E-state index in [1.165, 1.54) is 7.11 Å². The third kappa shape index (κ3) is 7.75. The van der Waals surface area contributed by atoms with Gasteiger partial charge in [0.2, 0.25) is 21.8 Å². The van der Waals surface area contributed by atoms with Crippen molar-refractivity contribution in [1.29, 1.82) is 0 Å². The van der Waals surface area contributed by atoms with Crippen molar-refractivity contribution in [3.8, 4) is 11.5 Å². The molecule has 1 aliphatic carbocycles. The predicted octanol–water partition coefficient (Wildman–Crippen LogP) is 3.72. The Labute approximate surface area is 247 Å². The van der Waals surface area contributed by atoms with E-state index >= 15 is 0 Å². The van der Waals surface area contributed by atoms with Crippen LogP contribution in [0.15, 0.2) is 40.8 Å². The number of anilines is 2. The summed E-state index contributed by atoms with van der Waals surface area (Å²) in [6.07, 6.45) is 2.69. The highest BCUT2D eigenvalue weighted by atomic mass is 35.5. The van der Waals surface area contributed by atoms with Gasteiger partial charge in [-0.15, -0.1) is 10.2 Å². The Morgan fingerprint density at radius 2 is 1.80 bits per heavy atom. The minimum absolute atomic E-state index is 0.0235. The van der Waals surface area contributed by atoms with E-state index in [0.29, 0.717) is 42.8 Å². The minimum Gasteiger partial charge on any atom is -0.419 e. The third-order valence-electron chi connectivity index (χ3n) is 7.24. The van der Waals surface area contributed by atoms with E-state index in [4.69, 9.17) is 36.2 Å². The van der Waals surface area contributed by atoms with Crippen LogP contribution >= 0.6 is 11.6 Å². The molecule has 2 N–H and O–H groups in total. The zero-order valence-electron chi connectivity index (χ0n) is 24.2. The Hall–Kier alpha value is -2.77. The van der Waals surface area contributed by atoms with E-state index in [2.05, 4.69) is 22.0 Å². The first kappa shape index (κ1) is 31.2. The number of benzene rings is 1. The van der Waals surface area contributed by atoms with Crippen LogP contribution in [0, 0.1) is 11.8 Å². The topological polar surface area (TPSA) is 137 Å². The molecule has 3 aromatic rings. The molecule has 0 spiro atoms. The van der Waals surface area contributed by atoms with Gasteiger partial charge >= 0.3 is 0 Å². The molecule has 2 heterocycles. The van der Waals surface area contributed by atoms with E-state index < -0.39 is 15.6 Å². The molecular weight excluding hydrogens is 568 g/mol. The highest BCUT2D eigenvalue weighted by molar-refractivity contribution is 7.92. The van der Waals surface area contributed by atoms with Crippen LogP contribution in [0.5, 0.6) is 0 Å². The van der Waals surface area contributed by atoms with Crippen LogP contribution in [0.1, 0.15) is 31.7 Å². The normalized spacial score (nSPS) is 18.2. The maximum Gasteiger partial charge on any atom is 0.249 e. The number of methoxy groups -OCH3 is 2. The van der Waals surface area contributed by atoms with Crippen molar-refractivity contribution in [3.05, 3.63) is 52.9 Å². The molecule has 0 saturated heterocycles. The van der Waals surface area contributed by atoms with Gasteiger partial charge in [0.15, 0.2) is 5.82 Å². The highest BCUT2D eigenvalue weighted by Gasteiger charge is 2.36. The summed E-state index contributed by atoms with van der Waals surface area (Å²) in [7, 11) is -0.628. The number of aromatic nitrogens is 3. The van der Waals surface area contributed by atoms with Gasteiger partial charge in [0.25, 0.3) is 0 Å². The van der Waals surface area contributed by atoms with Gasteiger partial charge in [0, 0.05) is 27.3 Å². The number of hydrogen-bond acceptors (Lipinski definition) is 10. The monoisotopic (exact) mass is 606 g/mol. The van der Waals surface area contributed by atoms with E-state index in [0.717, 1.165) is 29.1 Å². The molecule has 1 saturated carbocycles. The molecule has 3 atom stereocenters. The Morgan fingerprint density at radius 3 is 2.41 bits per heavy atom. The van der Waals surface area contributed by atoms with E-state index in [1.54, 1.807) is 13.2 Å². The van der Waals surface area contributed by atoms with Gasteiger partial charge in [-0.05, 0) is 43.2 Å². The molecule has 1 aliphatic rings. The first-order valence-electron chi connectivity index (χ1n) is 13.5. The number of hydrogen-bond donors (Lipinski definition) is 1. The fourth-order valence-corrected chi connectivity index (χ4v) is 5.87. The van der Waals surface area contributed by atoms with Crippen LogP contribution < -0.4 is 14.9 Å². The maximum absolute atomic E-state index is 12.9. The van der Waals surface area contributed by atoms with Crippen molar-refractivity contribution < 1.29 is 22.3 Å². The lowest BCUT2D eigenvalue weighted by atomic mass is 9.94. The van der Waals surface area contributed by atoms with Crippen molar-refractivity contribution in [3.63, 3.8) is 0 Å². The van der Waals surface area contributed by atoms with Gasteiger partial charge < -0.3 is 24.5 Å². The molecule has 0 radical (unpaired) electrons. The molecule has 4 rings (SSSR count). The average molecular weight is 607 g/mol. The molecule has 13 heteroatoms. The smallest absolute Gasteiger partial charge is 0.249 e. The van der Waals surface area contributed by atoms with Crippen molar-refractivity contribution in [1.82, 2.24) is 15.2 Å². The Kier molecular flexibility index (Phi) is 9.91. The Balaban J connectivity index is 1.80. The van der Waals surface area contributed by atoms with E-state index in [9.17, 15) is 8.42 Å². The number of pyridine rings is 1. The Morgan fingerprint density at radius 1 is 1.15 bits per heavy atom. The molecule has 0 amide bonds. The minimum atomic E-state index is -3.77. The number of nitrogens with zero attached hydrogens (tertiary/aromatic N) is 5. The number of nitrogens with two attached hydrogens (primary N) is 1. The lowest BCUT2D eigenvalue weighted by molar-refractivity contribution is 0.204. The second-order valence-electron chi connectivity index (χ2n) is 10.9. The lowest BCUT2D eigenvalue weighted by Gasteiger charge is -2.28. The molecule has 0 aliphatic heterocycles. The summed E-state index contributed by atoms with van der Waals surface area (Å²) in [5.41, 5.74) is 7.06. The summed E-state index contributed by atoms with van der Waals surface area (Å²) in [6, 6.07) is 11.5. The van der Waals surface area contributed by atoms with E-state index in [1.807, 2.05) is 37.3 Å². The van der Waals surface area contributed by atoms with Crippen LogP contribution in [-0.4, -0.2) is 76.9 Å². The van der Waals surface area contributed by atoms with Crippen LogP contribution in [0.25, 0.3) is 11.5 Å². The van der Waals surface area contributed by atoms with Gasteiger partial charge in [-0.3, -0.25) is 4.31 Å². The number of halogens is 1. The molecule has 2 aromatic heterocycles. The van der Waals surface area contributed by atoms with Gasteiger partial charge in [0.1, 0.15) is 5.82 Å². The number of ether oxygens (including phenoxy) is 2. The molecule has 41 heavy (non-hydrogen) atoms. The van der Waals surface area contributed by atoms with Gasteiger partial charge in [-0.1, -0.05) is 48.9 Å². The molecular formula is C28H39ClN6O5S. The van der Waals surface area contributed by atoms with Crippen LogP contribution in [0.2, 0.25) is 5.02 Å². The van der Waals surface area contributed by atoms with Gasteiger partial charge in [-0.2, -0.15) is 0 Å². The number of sulfonamides is 1. The zero-order chi connectivity index (χ0) is 29.8.